The lowest BCUT2D eigenvalue weighted by molar-refractivity contribution is -0.143. The highest BCUT2D eigenvalue weighted by atomic mass is 16.6. The van der Waals surface area contributed by atoms with Crippen LogP contribution in [0, 0.1) is 0 Å². The van der Waals surface area contributed by atoms with Crippen LogP contribution in [0.1, 0.15) is 40.5 Å². The molecule has 0 aromatic rings. The Morgan fingerprint density at radius 2 is 1.77 bits per heavy atom. The molecule has 13 heavy (non-hydrogen) atoms. The quantitative estimate of drug-likeness (QED) is 0.503. The average Bonchev–Trinajstić information content (AvgIpc) is 2.76. The summed E-state index contributed by atoms with van der Waals surface area (Å²) < 4.78 is 9.62. The SMILES string of the molecule is CC1OC1C.CCCOC(=O)CC. The monoisotopic (exact) mass is 188 g/mol. The van der Waals surface area contributed by atoms with Crippen LogP contribution in [0.15, 0.2) is 0 Å². The minimum Gasteiger partial charge on any atom is -0.466 e. The smallest absolute Gasteiger partial charge is 0.305 e. The Kier molecular flexibility index (Phi) is 6.59. The predicted octanol–water partition coefficient (Wildman–Crippen LogP) is 2.14. The first kappa shape index (κ1) is 12.4. The topological polar surface area (TPSA) is 38.8 Å². The molecule has 0 amide bonds. The van der Waals surface area contributed by atoms with Crippen LogP contribution < -0.4 is 0 Å². The lowest BCUT2D eigenvalue weighted by atomic mass is 10.4. The molecule has 1 aliphatic rings. The maximum atomic E-state index is 10.3. The lowest BCUT2D eigenvalue weighted by Crippen LogP contribution is -2.02. The van der Waals surface area contributed by atoms with Gasteiger partial charge in [0.05, 0.1) is 18.8 Å². The Morgan fingerprint density at radius 3 is 2.00 bits per heavy atom. The molecule has 0 aromatic carbocycles. The highest BCUT2D eigenvalue weighted by Crippen LogP contribution is 2.18. The Bertz CT molecular complexity index is 139. The van der Waals surface area contributed by atoms with Crippen LogP contribution in [0.3, 0.4) is 0 Å². The largest absolute Gasteiger partial charge is 0.466 e. The number of carbonyl (C=O) groups excluding carboxylic acids is 1. The zero-order valence-corrected chi connectivity index (χ0v) is 9.00. The summed E-state index contributed by atoms with van der Waals surface area (Å²) in [4.78, 5) is 10.3. The first-order chi connectivity index (χ1) is 6.11. The fourth-order valence-corrected chi connectivity index (χ4v) is 0.611. The molecule has 0 aromatic heterocycles. The molecule has 1 saturated heterocycles. The fraction of sp³-hybridized carbons (Fsp3) is 0.900. The van der Waals surface area contributed by atoms with E-state index in [4.69, 9.17) is 9.47 Å². The Hall–Kier alpha value is -0.570. The summed E-state index contributed by atoms with van der Waals surface area (Å²) in [6, 6.07) is 0. The number of epoxide rings is 1. The summed E-state index contributed by atoms with van der Waals surface area (Å²) in [6.45, 7) is 8.48. The van der Waals surface area contributed by atoms with Gasteiger partial charge in [-0.2, -0.15) is 0 Å². The summed E-state index contributed by atoms with van der Waals surface area (Å²) in [5, 5.41) is 0. The second-order valence-electron chi connectivity index (χ2n) is 3.12. The normalized spacial score (nSPS) is 24.3. The third-order valence-electron chi connectivity index (χ3n) is 1.77. The van der Waals surface area contributed by atoms with Crippen LogP contribution in [-0.4, -0.2) is 24.8 Å². The van der Waals surface area contributed by atoms with Gasteiger partial charge < -0.3 is 9.47 Å². The van der Waals surface area contributed by atoms with E-state index in [9.17, 15) is 4.79 Å². The first-order valence-corrected chi connectivity index (χ1v) is 4.92. The van der Waals surface area contributed by atoms with Crippen molar-refractivity contribution in [1.82, 2.24) is 0 Å². The molecule has 3 heteroatoms. The molecule has 1 aliphatic heterocycles. The number of ether oxygens (including phenoxy) is 2. The van der Waals surface area contributed by atoms with E-state index in [2.05, 4.69) is 13.8 Å². The van der Waals surface area contributed by atoms with Crippen molar-refractivity contribution in [2.75, 3.05) is 6.61 Å². The van der Waals surface area contributed by atoms with Gasteiger partial charge in [0.1, 0.15) is 0 Å². The molecule has 0 radical (unpaired) electrons. The van der Waals surface area contributed by atoms with Gasteiger partial charge in [0.2, 0.25) is 0 Å². The van der Waals surface area contributed by atoms with Crippen molar-refractivity contribution in [2.24, 2.45) is 0 Å². The van der Waals surface area contributed by atoms with E-state index in [0.717, 1.165) is 6.42 Å². The molecular weight excluding hydrogens is 168 g/mol. The van der Waals surface area contributed by atoms with Crippen molar-refractivity contribution < 1.29 is 14.3 Å². The molecule has 1 rings (SSSR count). The number of hydrogen-bond donors (Lipinski definition) is 0. The lowest BCUT2D eigenvalue weighted by Gasteiger charge is -1.97. The van der Waals surface area contributed by atoms with Crippen molar-refractivity contribution in [3.63, 3.8) is 0 Å². The summed E-state index contributed by atoms with van der Waals surface area (Å²) in [5.74, 6) is -0.105. The van der Waals surface area contributed by atoms with E-state index in [-0.39, 0.29) is 5.97 Å². The third kappa shape index (κ3) is 7.78. The van der Waals surface area contributed by atoms with Crippen LogP contribution >= 0.6 is 0 Å². The maximum Gasteiger partial charge on any atom is 0.305 e. The van der Waals surface area contributed by atoms with Crippen LogP contribution in [0.25, 0.3) is 0 Å². The van der Waals surface area contributed by atoms with Crippen molar-refractivity contribution in [3.8, 4) is 0 Å². The summed E-state index contributed by atoms with van der Waals surface area (Å²) in [6.07, 6.45) is 2.50. The van der Waals surface area contributed by atoms with E-state index in [1.165, 1.54) is 0 Å². The molecule has 1 heterocycles. The number of esters is 1. The minimum absolute atomic E-state index is 0.105. The summed E-state index contributed by atoms with van der Waals surface area (Å²) in [7, 11) is 0. The zero-order valence-electron chi connectivity index (χ0n) is 9.00. The second kappa shape index (κ2) is 6.89. The van der Waals surface area contributed by atoms with Gasteiger partial charge in [-0.25, -0.2) is 0 Å². The molecule has 1 fully saturated rings. The Morgan fingerprint density at radius 1 is 1.31 bits per heavy atom. The van der Waals surface area contributed by atoms with Gasteiger partial charge >= 0.3 is 5.97 Å². The summed E-state index contributed by atoms with van der Waals surface area (Å²) in [5.41, 5.74) is 0. The molecule has 2 unspecified atom stereocenters. The van der Waals surface area contributed by atoms with Gasteiger partial charge in [0, 0.05) is 6.42 Å². The zero-order chi connectivity index (χ0) is 10.3. The van der Waals surface area contributed by atoms with E-state index in [1.54, 1.807) is 6.92 Å². The second-order valence-corrected chi connectivity index (χ2v) is 3.12. The van der Waals surface area contributed by atoms with Crippen molar-refractivity contribution in [1.29, 1.82) is 0 Å². The van der Waals surface area contributed by atoms with Gasteiger partial charge in [-0.15, -0.1) is 0 Å². The van der Waals surface area contributed by atoms with Crippen LogP contribution in [-0.2, 0) is 14.3 Å². The minimum atomic E-state index is -0.105. The van der Waals surface area contributed by atoms with Gasteiger partial charge in [-0.1, -0.05) is 13.8 Å². The fourth-order valence-electron chi connectivity index (χ4n) is 0.611. The van der Waals surface area contributed by atoms with E-state index >= 15 is 0 Å². The van der Waals surface area contributed by atoms with Gasteiger partial charge in [-0.05, 0) is 20.3 Å². The average molecular weight is 188 g/mol. The van der Waals surface area contributed by atoms with Crippen LogP contribution in [0.4, 0.5) is 0 Å². The maximum absolute atomic E-state index is 10.3. The molecule has 0 N–H and O–H groups in total. The van der Waals surface area contributed by atoms with E-state index < -0.39 is 0 Å². The molecule has 0 spiro atoms. The molecule has 0 bridgehead atoms. The molecule has 3 nitrogen and oxygen atoms in total. The summed E-state index contributed by atoms with van der Waals surface area (Å²) >= 11 is 0. The van der Waals surface area contributed by atoms with Crippen molar-refractivity contribution in [2.45, 2.75) is 52.7 Å². The first-order valence-electron chi connectivity index (χ1n) is 4.92. The van der Waals surface area contributed by atoms with E-state index in [1.807, 2.05) is 6.92 Å². The molecule has 78 valence electrons. The van der Waals surface area contributed by atoms with Gasteiger partial charge in [-0.3, -0.25) is 4.79 Å². The van der Waals surface area contributed by atoms with Gasteiger partial charge in [0.15, 0.2) is 0 Å². The number of carbonyl (C=O) groups is 1. The number of hydrogen-bond acceptors (Lipinski definition) is 3. The van der Waals surface area contributed by atoms with Gasteiger partial charge in [0.25, 0.3) is 0 Å². The molecular formula is C10H20O3. The number of rotatable bonds is 3. The third-order valence-corrected chi connectivity index (χ3v) is 1.77. The Labute approximate surface area is 80.4 Å². The Balaban J connectivity index is 0.000000243. The molecule has 0 aliphatic carbocycles. The van der Waals surface area contributed by atoms with Crippen LogP contribution in [0.5, 0.6) is 0 Å². The highest BCUT2D eigenvalue weighted by molar-refractivity contribution is 5.68. The molecule has 2 atom stereocenters. The predicted molar refractivity (Wildman–Crippen MR) is 51.6 cm³/mol. The molecule has 0 saturated carbocycles. The van der Waals surface area contributed by atoms with E-state index in [0.29, 0.717) is 25.2 Å². The van der Waals surface area contributed by atoms with Crippen molar-refractivity contribution >= 4 is 5.97 Å². The van der Waals surface area contributed by atoms with Crippen LogP contribution in [0.2, 0.25) is 0 Å². The van der Waals surface area contributed by atoms with Crippen molar-refractivity contribution in [3.05, 3.63) is 0 Å². The standard InChI is InChI=1S/C6H12O2.C4H8O/c1-3-5-8-6(7)4-2;1-3-4(2)5-3/h3-5H2,1-2H3;3-4H,1-2H3. The highest BCUT2D eigenvalue weighted by Gasteiger charge is 2.27.